The first-order valence-corrected chi connectivity index (χ1v) is 5.80. The van der Waals surface area contributed by atoms with Gasteiger partial charge < -0.3 is 5.11 Å². The highest BCUT2D eigenvalue weighted by Crippen LogP contribution is 2.22. The first-order valence-electron chi connectivity index (χ1n) is 4.92. The van der Waals surface area contributed by atoms with Crippen LogP contribution < -0.4 is 0 Å². The Balaban J connectivity index is 2.29. The van der Waals surface area contributed by atoms with E-state index in [0.29, 0.717) is 6.42 Å². The van der Waals surface area contributed by atoms with Gasteiger partial charge in [-0.1, -0.05) is 23.8 Å². The average molecular weight is 219 g/mol. The molecule has 1 aromatic heterocycles. The molecule has 2 nitrogen and oxygen atoms in total. The zero-order chi connectivity index (χ0) is 10.7. The summed E-state index contributed by atoms with van der Waals surface area (Å²) in [6.07, 6.45) is 0.649. The van der Waals surface area contributed by atoms with E-state index in [1.54, 1.807) is 11.3 Å². The predicted octanol–water partition coefficient (Wildman–Crippen LogP) is 2.65. The third-order valence-electron chi connectivity index (χ3n) is 2.19. The van der Waals surface area contributed by atoms with Crippen LogP contribution in [0.4, 0.5) is 0 Å². The Hall–Kier alpha value is -1.19. The van der Waals surface area contributed by atoms with E-state index in [0.717, 1.165) is 16.3 Å². The lowest BCUT2D eigenvalue weighted by atomic mass is 10.1. The molecule has 2 aromatic rings. The molecule has 1 heterocycles. The number of nitrogens with zero attached hydrogens (tertiary/aromatic N) is 1. The summed E-state index contributed by atoms with van der Waals surface area (Å²) in [7, 11) is 0. The lowest BCUT2D eigenvalue weighted by molar-refractivity contribution is 0.299. The summed E-state index contributed by atoms with van der Waals surface area (Å²) in [6, 6.07) is 8.29. The fourth-order valence-corrected chi connectivity index (χ4v) is 2.25. The molecule has 3 heteroatoms. The Morgan fingerprint density at radius 2 is 2.27 bits per heavy atom. The number of aliphatic hydroxyl groups excluding tert-OH is 1. The Morgan fingerprint density at radius 3 is 3.00 bits per heavy atom. The molecule has 0 saturated carbocycles. The van der Waals surface area contributed by atoms with Gasteiger partial charge in [0.05, 0.1) is 10.7 Å². The molecule has 0 atom stereocenters. The number of aromatic nitrogens is 1. The zero-order valence-electron chi connectivity index (χ0n) is 8.60. The number of hydrogen-bond acceptors (Lipinski definition) is 3. The van der Waals surface area contributed by atoms with E-state index in [-0.39, 0.29) is 6.61 Å². The fourth-order valence-electron chi connectivity index (χ4n) is 1.46. The van der Waals surface area contributed by atoms with Crippen molar-refractivity contribution in [1.82, 2.24) is 4.98 Å². The zero-order valence-corrected chi connectivity index (χ0v) is 9.42. The van der Waals surface area contributed by atoms with Gasteiger partial charge in [-0.2, -0.15) is 0 Å². The van der Waals surface area contributed by atoms with Gasteiger partial charge in [0.2, 0.25) is 0 Å². The number of hydrogen-bond donors (Lipinski definition) is 1. The number of aryl methyl sites for hydroxylation is 1. The van der Waals surface area contributed by atoms with Crippen molar-refractivity contribution >= 4 is 11.3 Å². The first-order chi connectivity index (χ1) is 7.29. The highest BCUT2D eigenvalue weighted by molar-refractivity contribution is 7.09. The fraction of sp³-hybridized carbons (Fsp3) is 0.250. The Kier molecular flexibility index (Phi) is 3.14. The van der Waals surface area contributed by atoms with Crippen LogP contribution in [0.2, 0.25) is 0 Å². The number of thiazole rings is 1. The van der Waals surface area contributed by atoms with Crippen LogP contribution in [0.5, 0.6) is 0 Å². The lowest BCUT2D eigenvalue weighted by Gasteiger charge is -1.97. The molecule has 0 bridgehead atoms. The second kappa shape index (κ2) is 4.55. The van der Waals surface area contributed by atoms with E-state index in [9.17, 15) is 0 Å². The quantitative estimate of drug-likeness (QED) is 0.861. The molecule has 0 saturated heterocycles. The molecule has 0 spiro atoms. The largest absolute Gasteiger partial charge is 0.396 e. The molecule has 0 unspecified atom stereocenters. The van der Waals surface area contributed by atoms with Crippen LogP contribution in [0.25, 0.3) is 11.3 Å². The monoisotopic (exact) mass is 219 g/mol. The minimum Gasteiger partial charge on any atom is -0.396 e. The van der Waals surface area contributed by atoms with E-state index >= 15 is 0 Å². The van der Waals surface area contributed by atoms with E-state index < -0.39 is 0 Å². The maximum Gasteiger partial charge on any atom is 0.0955 e. The summed E-state index contributed by atoms with van der Waals surface area (Å²) in [5.41, 5.74) is 3.40. The summed E-state index contributed by atoms with van der Waals surface area (Å²) >= 11 is 1.60. The lowest BCUT2D eigenvalue weighted by Crippen LogP contribution is -1.89. The third kappa shape index (κ3) is 2.43. The van der Waals surface area contributed by atoms with E-state index in [2.05, 4.69) is 30.1 Å². The molecule has 0 amide bonds. The van der Waals surface area contributed by atoms with Crippen LogP contribution in [-0.2, 0) is 6.42 Å². The van der Waals surface area contributed by atoms with Gasteiger partial charge in [-0.15, -0.1) is 11.3 Å². The van der Waals surface area contributed by atoms with Crippen LogP contribution in [-0.4, -0.2) is 16.7 Å². The van der Waals surface area contributed by atoms with Gasteiger partial charge >= 0.3 is 0 Å². The normalized spacial score (nSPS) is 10.5. The summed E-state index contributed by atoms with van der Waals surface area (Å²) in [4.78, 5) is 4.47. The van der Waals surface area contributed by atoms with Gasteiger partial charge in [0.15, 0.2) is 0 Å². The Bertz CT molecular complexity index is 450. The summed E-state index contributed by atoms with van der Waals surface area (Å²) in [5.74, 6) is 0. The van der Waals surface area contributed by atoms with Crippen molar-refractivity contribution in [2.45, 2.75) is 13.3 Å². The standard InChI is InChI=1S/C12H13NOS/c1-9-3-2-4-10(7-9)11-8-15-12(13-11)5-6-14/h2-4,7-8,14H,5-6H2,1H3. The maximum absolute atomic E-state index is 8.81. The van der Waals surface area contributed by atoms with Crippen molar-refractivity contribution in [2.24, 2.45) is 0 Å². The number of aliphatic hydroxyl groups is 1. The highest BCUT2D eigenvalue weighted by atomic mass is 32.1. The van der Waals surface area contributed by atoms with Gasteiger partial charge in [-0.25, -0.2) is 4.98 Å². The van der Waals surface area contributed by atoms with E-state index in [1.165, 1.54) is 5.56 Å². The molecule has 1 aromatic carbocycles. The van der Waals surface area contributed by atoms with Crippen molar-refractivity contribution in [1.29, 1.82) is 0 Å². The molecule has 2 rings (SSSR count). The second-order valence-corrected chi connectivity index (χ2v) is 4.41. The Morgan fingerprint density at radius 1 is 1.40 bits per heavy atom. The predicted molar refractivity (Wildman–Crippen MR) is 63.1 cm³/mol. The molecule has 15 heavy (non-hydrogen) atoms. The molecule has 0 aliphatic carbocycles. The van der Waals surface area contributed by atoms with Crippen molar-refractivity contribution in [2.75, 3.05) is 6.61 Å². The van der Waals surface area contributed by atoms with Crippen molar-refractivity contribution in [3.05, 3.63) is 40.2 Å². The minimum atomic E-state index is 0.167. The van der Waals surface area contributed by atoms with E-state index in [1.807, 2.05) is 11.4 Å². The van der Waals surface area contributed by atoms with Crippen LogP contribution in [0.3, 0.4) is 0 Å². The molecule has 1 N–H and O–H groups in total. The van der Waals surface area contributed by atoms with Crippen LogP contribution in [0.15, 0.2) is 29.6 Å². The average Bonchev–Trinajstić information content (AvgIpc) is 2.67. The molecule has 0 aliphatic rings. The van der Waals surface area contributed by atoms with Crippen molar-refractivity contribution in [3.63, 3.8) is 0 Å². The third-order valence-corrected chi connectivity index (χ3v) is 3.10. The SMILES string of the molecule is Cc1cccc(-c2csc(CCO)n2)c1. The molecule has 0 fully saturated rings. The van der Waals surface area contributed by atoms with Gasteiger partial charge in [-0.3, -0.25) is 0 Å². The molecule has 0 aliphatic heterocycles. The molecular formula is C12H13NOS. The maximum atomic E-state index is 8.81. The smallest absolute Gasteiger partial charge is 0.0955 e. The first kappa shape index (κ1) is 10.3. The molecular weight excluding hydrogens is 206 g/mol. The van der Waals surface area contributed by atoms with Gasteiger partial charge in [0, 0.05) is 24.0 Å². The topological polar surface area (TPSA) is 33.1 Å². The minimum absolute atomic E-state index is 0.167. The van der Waals surface area contributed by atoms with Gasteiger partial charge in [-0.05, 0) is 13.0 Å². The summed E-state index contributed by atoms with van der Waals surface area (Å²) in [6.45, 7) is 2.24. The van der Waals surface area contributed by atoms with Crippen molar-refractivity contribution < 1.29 is 5.11 Å². The van der Waals surface area contributed by atoms with Gasteiger partial charge in [0.1, 0.15) is 0 Å². The summed E-state index contributed by atoms with van der Waals surface area (Å²) in [5, 5.41) is 11.8. The highest BCUT2D eigenvalue weighted by Gasteiger charge is 2.03. The van der Waals surface area contributed by atoms with Gasteiger partial charge in [0.25, 0.3) is 0 Å². The second-order valence-electron chi connectivity index (χ2n) is 3.47. The number of rotatable bonds is 3. The Labute approximate surface area is 93.2 Å². The van der Waals surface area contributed by atoms with Crippen LogP contribution in [0, 0.1) is 6.92 Å². The van der Waals surface area contributed by atoms with Crippen LogP contribution >= 0.6 is 11.3 Å². The van der Waals surface area contributed by atoms with Crippen LogP contribution in [0.1, 0.15) is 10.6 Å². The molecule has 0 radical (unpaired) electrons. The summed E-state index contributed by atoms with van der Waals surface area (Å²) < 4.78 is 0. The molecule has 78 valence electrons. The van der Waals surface area contributed by atoms with Crippen molar-refractivity contribution in [3.8, 4) is 11.3 Å². The van der Waals surface area contributed by atoms with E-state index in [4.69, 9.17) is 5.11 Å². The number of benzene rings is 1.